The number of nitrogens with two attached hydrogens (primary N) is 2. The molecule has 3 heteroatoms. The first-order chi connectivity index (χ1) is 8.75. The molecule has 0 saturated heterocycles. The molecule has 0 unspecified atom stereocenters. The predicted octanol–water partition coefficient (Wildman–Crippen LogP) is 2.94. The average Bonchev–Trinajstić information content (AvgIpc) is 2.40. The van der Waals surface area contributed by atoms with Crippen LogP contribution in [0.15, 0.2) is 42.5 Å². The number of benzene rings is 2. The van der Waals surface area contributed by atoms with Crippen molar-refractivity contribution in [2.75, 3.05) is 22.9 Å². The first-order valence-corrected chi connectivity index (χ1v) is 6.26. The van der Waals surface area contributed by atoms with Gasteiger partial charge in [0.15, 0.2) is 0 Å². The number of rotatable bonds is 1. The van der Waals surface area contributed by atoms with Gasteiger partial charge in [-0.3, -0.25) is 0 Å². The van der Waals surface area contributed by atoms with Crippen LogP contribution in [0.5, 0.6) is 0 Å². The molecule has 0 spiro atoms. The van der Waals surface area contributed by atoms with Crippen LogP contribution in [0.25, 0.3) is 0 Å². The summed E-state index contributed by atoms with van der Waals surface area (Å²) in [5, 5.41) is 0. The lowest BCUT2D eigenvalue weighted by molar-refractivity contribution is 0.769. The van der Waals surface area contributed by atoms with Crippen molar-refractivity contribution in [2.45, 2.75) is 12.8 Å². The molecule has 0 aromatic heterocycles. The van der Waals surface area contributed by atoms with Crippen LogP contribution >= 0.6 is 0 Å². The van der Waals surface area contributed by atoms with Gasteiger partial charge in [-0.15, -0.1) is 0 Å². The topological polar surface area (TPSA) is 55.3 Å². The highest BCUT2D eigenvalue weighted by Gasteiger charge is 2.19. The molecule has 18 heavy (non-hydrogen) atoms. The number of nitrogens with zero attached hydrogens (tertiary/aromatic N) is 1. The lowest BCUT2D eigenvalue weighted by Gasteiger charge is -2.32. The minimum absolute atomic E-state index is 0.795. The average molecular weight is 239 g/mol. The van der Waals surface area contributed by atoms with Crippen molar-refractivity contribution in [3.8, 4) is 0 Å². The van der Waals surface area contributed by atoms with E-state index in [1.807, 2.05) is 24.3 Å². The van der Waals surface area contributed by atoms with E-state index in [0.29, 0.717) is 0 Å². The molecule has 1 heterocycles. The summed E-state index contributed by atoms with van der Waals surface area (Å²) in [5.41, 5.74) is 17.2. The fourth-order valence-corrected chi connectivity index (χ4v) is 2.57. The molecule has 0 saturated carbocycles. The molecule has 0 aliphatic carbocycles. The zero-order valence-electron chi connectivity index (χ0n) is 10.3. The number of anilines is 4. The summed E-state index contributed by atoms with van der Waals surface area (Å²) in [6.07, 6.45) is 2.19. The molecular formula is C15H17N3. The first kappa shape index (κ1) is 11.0. The van der Waals surface area contributed by atoms with Crippen LogP contribution in [0.4, 0.5) is 22.7 Å². The molecule has 1 aliphatic rings. The quantitative estimate of drug-likeness (QED) is 0.752. The summed E-state index contributed by atoms with van der Waals surface area (Å²) < 4.78 is 0. The van der Waals surface area contributed by atoms with E-state index in [1.165, 1.54) is 16.9 Å². The number of hydrogen-bond donors (Lipinski definition) is 2. The molecule has 1 aliphatic heterocycles. The molecule has 0 fully saturated rings. The summed E-state index contributed by atoms with van der Waals surface area (Å²) in [6.45, 7) is 1.03. The Labute approximate surface area is 107 Å². The Balaban J connectivity index is 2.06. The van der Waals surface area contributed by atoms with Gasteiger partial charge in [-0.05, 0) is 54.8 Å². The van der Waals surface area contributed by atoms with Gasteiger partial charge in [0.1, 0.15) is 0 Å². The van der Waals surface area contributed by atoms with Gasteiger partial charge in [-0.25, -0.2) is 0 Å². The third kappa shape index (κ3) is 1.78. The predicted molar refractivity (Wildman–Crippen MR) is 77.0 cm³/mol. The van der Waals surface area contributed by atoms with E-state index in [2.05, 4.69) is 23.1 Å². The van der Waals surface area contributed by atoms with Crippen molar-refractivity contribution in [3.63, 3.8) is 0 Å². The highest BCUT2D eigenvalue weighted by atomic mass is 15.1. The molecule has 0 atom stereocenters. The van der Waals surface area contributed by atoms with Gasteiger partial charge in [0.2, 0.25) is 0 Å². The Morgan fingerprint density at radius 2 is 1.72 bits per heavy atom. The summed E-state index contributed by atoms with van der Waals surface area (Å²) in [4.78, 5) is 2.31. The van der Waals surface area contributed by atoms with Crippen LogP contribution in [0.2, 0.25) is 0 Å². The minimum atomic E-state index is 0.795. The van der Waals surface area contributed by atoms with Crippen molar-refractivity contribution in [2.24, 2.45) is 0 Å². The smallest absolute Gasteiger partial charge is 0.0463 e. The SMILES string of the molecule is Nc1ccc(N2CCCc3c(N)cccc32)cc1. The van der Waals surface area contributed by atoms with E-state index in [1.54, 1.807) is 0 Å². The van der Waals surface area contributed by atoms with Crippen molar-refractivity contribution in [3.05, 3.63) is 48.0 Å². The van der Waals surface area contributed by atoms with Crippen molar-refractivity contribution in [1.29, 1.82) is 0 Å². The second-order valence-electron chi connectivity index (χ2n) is 4.69. The fourth-order valence-electron chi connectivity index (χ4n) is 2.57. The molecule has 0 amide bonds. The van der Waals surface area contributed by atoms with E-state index in [-0.39, 0.29) is 0 Å². The van der Waals surface area contributed by atoms with Gasteiger partial charge in [0.05, 0.1) is 0 Å². The molecule has 3 nitrogen and oxygen atoms in total. The maximum absolute atomic E-state index is 6.06. The van der Waals surface area contributed by atoms with Crippen LogP contribution in [-0.2, 0) is 6.42 Å². The molecule has 3 rings (SSSR count). The van der Waals surface area contributed by atoms with E-state index >= 15 is 0 Å². The first-order valence-electron chi connectivity index (χ1n) is 6.26. The largest absolute Gasteiger partial charge is 0.399 e. The normalized spacial score (nSPS) is 14.3. The molecule has 2 aromatic carbocycles. The van der Waals surface area contributed by atoms with Crippen molar-refractivity contribution < 1.29 is 0 Å². The second-order valence-corrected chi connectivity index (χ2v) is 4.69. The van der Waals surface area contributed by atoms with Gasteiger partial charge < -0.3 is 16.4 Å². The van der Waals surface area contributed by atoms with Crippen molar-refractivity contribution in [1.82, 2.24) is 0 Å². The summed E-state index contributed by atoms with van der Waals surface area (Å²) in [7, 11) is 0. The Hall–Kier alpha value is -2.16. The zero-order chi connectivity index (χ0) is 12.5. The maximum Gasteiger partial charge on any atom is 0.0463 e. The Bertz CT molecular complexity index is 560. The van der Waals surface area contributed by atoms with Gasteiger partial charge in [-0.2, -0.15) is 0 Å². The van der Waals surface area contributed by atoms with Crippen LogP contribution in [0.1, 0.15) is 12.0 Å². The maximum atomic E-state index is 6.06. The van der Waals surface area contributed by atoms with Crippen LogP contribution in [0.3, 0.4) is 0 Å². The number of hydrogen-bond acceptors (Lipinski definition) is 3. The van der Waals surface area contributed by atoms with E-state index in [9.17, 15) is 0 Å². The Morgan fingerprint density at radius 3 is 2.50 bits per heavy atom. The monoisotopic (exact) mass is 239 g/mol. The number of fused-ring (bicyclic) bond motifs is 1. The molecule has 2 aromatic rings. The van der Waals surface area contributed by atoms with Gasteiger partial charge in [-0.1, -0.05) is 6.07 Å². The van der Waals surface area contributed by atoms with Gasteiger partial charge in [0.25, 0.3) is 0 Å². The summed E-state index contributed by atoms with van der Waals surface area (Å²) in [5.74, 6) is 0. The Morgan fingerprint density at radius 1 is 0.944 bits per heavy atom. The Kier molecular flexibility index (Phi) is 2.59. The van der Waals surface area contributed by atoms with Crippen LogP contribution in [0, 0.1) is 0 Å². The van der Waals surface area contributed by atoms with Crippen molar-refractivity contribution >= 4 is 22.7 Å². The molecule has 0 bridgehead atoms. The van der Waals surface area contributed by atoms with E-state index in [4.69, 9.17) is 11.5 Å². The van der Waals surface area contributed by atoms with Gasteiger partial charge in [0, 0.05) is 29.3 Å². The summed E-state index contributed by atoms with van der Waals surface area (Å²) >= 11 is 0. The zero-order valence-corrected chi connectivity index (χ0v) is 10.3. The van der Waals surface area contributed by atoms with Gasteiger partial charge >= 0.3 is 0 Å². The molecular weight excluding hydrogens is 222 g/mol. The molecule has 92 valence electrons. The highest BCUT2D eigenvalue weighted by molar-refractivity contribution is 5.73. The minimum Gasteiger partial charge on any atom is -0.399 e. The second kappa shape index (κ2) is 4.26. The lowest BCUT2D eigenvalue weighted by Crippen LogP contribution is -2.25. The van der Waals surface area contributed by atoms with E-state index in [0.717, 1.165) is 30.8 Å². The standard InChI is InChI=1S/C15H17N3/c16-11-6-8-12(9-7-11)18-10-2-3-13-14(17)4-1-5-15(13)18/h1,4-9H,2-3,10,16-17H2. The number of nitrogen functional groups attached to an aromatic ring is 2. The lowest BCUT2D eigenvalue weighted by atomic mass is 9.99. The molecule has 4 N–H and O–H groups in total. The summed E-state index contributed by atoms with van der Waals surface area (Å²) in [6, 6.07) is 14.1. The third-order valence-corrected chi connectivity index (χ3v) is 3.49. The van der Waals surface area contributed by atoms with Crippen LogP contribution < -0.4 is 16.4 Å². The highest BCUT2D eigenvalue weighted by Crippen LogP contribution is 2.36. The van der Waals surface area contributed by atoms with Crippen LogP contribution in [-0.4, -0.2) is 6.54 Å². The fraction of sp³-hybridized carbons (Fsp3) is 0.200. The van der Waals surface area contributed by atoms with E-state index < -0.39 is 0 Å². The third-order valence-electron chi connectivity index (χ3n) is 3.49. The molecule has 0 radical (unpaired) electrons.